The lowest BCUT2D eigenvalue weighted by molar-refractivity contribution is -0.137. The fraction of sp³-hybridized carbons (Fsp3) is 0.263. The van der Waals surface area contributed by atoms with E-state index in [4.69, 9.17) is 11.6 Å². The van der Waals surface area contributed by atoms with E-state index >= 15 is 0 Å². The van der Waals surface area contributed by atoms with Crippen LogP contribution < -0.4 is 5.32 Å². The average molecular weight is 399 g/mol. The van der Waals surface area contributed by atoms with Crippen LogP contribution in [-0.4, -0.2) is 30.3 Å². The first-order valence-electron chi connectivity index (χ1n) is 7.98. The molecule has 0 saturated carbocycles. The molecule has 0 atom stereocenters. The molecule has 2 aromatic carbocycles. The average Bonchev–Trinajstić information content (AvgIpc) is 2.57. The number of benzene rings is 2. The normalized spacial score (nSPS) is 11.2. The van der Waals surface area contributed by atoms with Gasteiger partial charge in [0.1, 0.15) is 0 Å². The third kappa shape index (κ3) is 5.23. The summed E-state index contributed by atoms with van der Waals surface area (Å²) in [6.07, 6.45) is -4.63. The second-order valence-corrected chi connectivity index (χ2v) is 6.61. The number of carbonyl (C=O) groups is 2. The SMILES string of the molecule is Cc1ccc(C(=O)N(C)CC(=O)Nc2ccc(Cl)c(C(F)(F)F)c2)cc1C. The van der Waals surface area contributed by atoms with Gasteiger partial charge in [0.05, 0.1) is 17.1 Å². The van der Waals surface area contributed by atoms with Crippen molar-refractivity contribution in [3.63, 3.8) is 0 Å². The van der Waals surface area contributed by atoms with Crippen LogP contribution in [0.2, 0.25) is 5.02 Å². The van der Waals surface area contributed by atoms with Crippen molar-refractivity contribution in [3.05, 3.63) is 63.7 Å². The zero-order valence-corrected chi connectivity index (χ0v) is 15.7. The molecule has 2 amide bonds. The third-order valence-electron chi connectivity index (χ3n) is 4.04. The molecule has 1 N–H and O–H groups in total. The Morgan fingerprint density at radius 2 is 1.74 bits per heavy atom. The molecule has 0 aromatic heterocycles. The fourth-order valence-corrected chi connectivity index (χ4v) is 2.63. The first-order chi connectivity index (χ1) is 12.5. The molecule has 2 rings (SSSR count). The number of nitrogens with zero attached hydrogens (tertiary/aromatic N) is 1. The summed E-state index contributed by atoms with van der Waals surface area (Å²) in [6, 6.07) is 8.27. The molecule has 4 nitrogen and oxygen atoms in total. The number of halogens is 4. The number of nitrogens with one attached hydrogen (secondary N) is 1. The van der Waals surface area contributed by atoms with Crippen LogP contribution >= 0.6 is 11.6 Å². The maximum atomic E-state index is 12.9. The van der Waals surface area contributed by atoms with Gasteiger partial charge in [0.15, 0.2) is 0 Å². The van der Waals surface area contributed by atoms with Crippen molar-refractivity contribution in [1.82, 2.24) is 4.90 Å². The lowest BCUT2D eigenvalue weighted by atomic mass is 10.1. The topological polar surface area (TPSA) is 49.4 Å². The molecule has 0 radical (unpaired) electrons. The van der Waals surface area contributed by atoms with Gasteiger partial charge < -0.3 is 10.2 Å². The van der Waals surface area contributed by atoms with Crippen molar-refractivity contribution in [2.24, 2.45) is 0 Å². The minimum atomic E-state index is -4.63. The first-order valence-corrected chi connectivity index (χ1v) is 8.36. The molecule has 0 aliphatic rings. The minimum Gasteiger partial charge on any atom is -0.332 e. The van der Waals surface area contributed by atoms with Gasteiger partial charge in [0, 0.05) is 18.3 Å². The largest absolute Gasteiger partial charge is 0.417 e. The minimum absolute atomic E-state index is 0.0521. The van der Waals surface area contributed by atoms with Crippen molar-refractivity contribution in [1.29, 1.82) is 0 Å². The Hall–Kier alpha value is -2.54. The van der Waals surface area contributed by atoms with Gasteiger partial charge in [-0.1, -0.05) is 17.7 Å². The lowest BCUT2D eigenvalue weighted by Gasteiger charge is -2.18. The Labute approximate surface area is 159 Å². The molecule has 27 heavy (non-hydrogen) atoms. The van der Waals surface area contributed by atoms with E-state index in [9.17, 15) is 22.8 Å². The smallest absolute Gasteiger partial charge is 0.332 e. The van der Waals surface area contributed by atoms with Gasteiger partial charge in [0.2, 0.25) is 5.91 Å². The number of aryl methyl sites for hydroxylation is 2. The van der Waals surface area contributed by atoms with Crippen LogP contribution in [-0.2, 0) is 11.0 Å². The van der Waals surface area contributed by atoms with Gasteiger partial charge in [0.25, 0.3) is 5.91 Å². The molecule has 2 aromatic rings. The highest BCUT2D eigenvalue weighted by molar-refractivity contribution is 6.31. The number of amides is 2. The fourth-order valence-electron chi connectivity index (χ4n) is 2.40. The highest BCUT2D eigenvalue weighted by Gasteiger charge is 2.33. The van der Waals surface area contributed by atoms with Gasteiger partial charge in [-0.15, -0.1) is 0 Å². The van der Waals surface area contributed by atoms with Crippen molar-refractivity contribution >= 4 is 29.1 Å². The molecular formula is C19H18ClF3N2O2. The molecule has 0 aliphatic carbocycles. The van der Waals surface area contributed by atoms with Crippen molar-refractivity contribution in [2.45, 2.75) is 20.0 Å². The number of likely N-dealkylation sites (N-methyl/N-ethyl adjacent to an activating group) is 1. The standard InChI is InChI=1S/C19H18ClF3N2O2/c1-11-4-5-13(8-12(11)2)18(27)25(3)10-17(26)24-14-6-7-16(20)15(9-14)19(21,22)23/h4-9H,10H2,1-3H3,(H,24,26). The van der Waals surface area contributed by atoms with Crippen molar-refractivity contribution in [3.8, 4) is 0 Å². The summed E-state index contributed by atoms with van der Waals surface area (Å²) in [4.78, 5) is 25.7. The number of carbonyl (C=O) groups excluding carboxylic acids is 2. The number of rotatable bonds is 4. The highest BCUT2D eigenvalue weighted by atomic mass is 35.5. The molecular weight excluding hydrogens is 381 g/mol. The van der Waals surface area contributed by atoms with Crippen LogP contribution in [0.3, 0.4) is 0 Å². The van der Waals surface area contributed by atoms with Gasteiger partial charge in [-0.05, 0) is 55.3 Å². The quantitative estimate of drug-likeness (QED) is 0.812. The maximum Gasteiger partial charge on any atom is 0.417 e. The van der Waals surface area contributed by atoms with Crippen LogP contribution in [0.15, 0.2) is 36.4 Å². The summed E-state index contributed by atoms with van der Waals surface area (Å²) in [7, 11) is 1.44. The third-order valence-corrected chi connectivity index (χ3v) is 4.37. The number of hydrogen-bond donors (Lipinski definition) is 1. The van der Waals surface area contributed by atoms with Crippen LogP contribution in [0.5, 0.6) is 0 Å². The van der Waals surface area contributed by atoms with E-state index in [1.807, 2.05) is 19.9 Å². The van der Waals surface area contributed by atoms with Crippen LogP contribution in [0, 0.1) is 13.8 Å². The Bertz CT molecular complexity index is 882. The second kappa shape index (κ2) is 8.00. The van der Waals surface area contributed by atoms with Gasteiger partial charge >= 0.3 is 6.18 Å². The van der Waals surface area contributed by atoms with E-state index in [0.29, 0.717) is 5.56 Å². The molecule has 8 heteroatoms. The van der Waals surface area contributed by atoms with E-state index in [1.54, 1.807) is 12.1 Å². The van der Waals surface area contributed by atoms with Crippen molar-refractivity contribution in [2.75, 3.05) is 18.9 Å². The molecule has 0 heterocycles. The molecule has 0 fully saturated rings. The van der Waals surface area contributed by atoms with E-state index in [1.165, 1.54) is 18.0 Å². The van der Waals surface area contributed by atoms with Crippen LogP contribution in [0.25, 0.3) is 0 Å². The molecule has 144 valence electrons. The van der Waals surface area contributed by atoms with E-state index in [-0.39, 0.29) is 18.1 Å². The summed E-state index contributed by atoms with van der Waals surface area (Å²) in [5.41, 5.74) is 1.32. The Morgan fingerprint density at radius 3 is 2.33 bits per heavy atom. The predicted molar refractivity (Wildman–Crippen MR) is 98.0 cm³/mol. The van der Waals surface area contributed by atoms with Gasteiger partial charge in [-0.2, -0.15) is 13.2 Å². The predicted octanol–water partition coefficient (Wildman–Crippen LogP) is 4.69. The Balaban J connectivity index is 2.07. The number of hydrogen-bond acceptors (Lipinski definition) is 2. The summed E-state index contributed by atoms with van der Waals surface area (Å²) < 4.78 is 38.6. The maximum absolute atomic E-state index is 12.9. The summed E-state index contributed by atoms with van der Waals surface area (Å²) in [5.74, 6) is -0.981. The highest BCUT2D eigenvalue weighted by Crippen LogP contribution is 2.36. The summed E-state index contributed by atoms with van der Waals surface area (Å²) in [6.45, 7) is 3.48. The Morgan fingerprint density at radius 1 is 1.07 bits per heavy atom. The molecule has 0 unspecified atom stereocenters. The lowest BCUT2D eigenvalue weighted by Crippen LogP contribution is -2.35. The summed E-state index contributed by atoms with van der Waals surface area (Å²) >= 11 is 5.55. The van der Waals surface area contributed by atoms with Crippen molar-refractivity contribution < 1.29 is 22.8 Å². The summed E-state index contributed by atoms with van der Waals surface area (Å²) in [5, 5.41) is 1.89. The second-order valence-electron chi connectivity index (χ2n) is 6.20. The zero-order chi connectivity index (χ0) is 20.4. The number of anilines is 1. The Kier molecular flexibility index (Phi) is 6.15. The monoisotopic (exact) mass is 398 g/mol. The molecule has 0 spiro atoms. The van der Waals surface area contributed by atoms with E-state index in [0.717, 1.165) is 23.3 Å². The van der Waals surface area contributed by atoms with E-state index < -0.39 is 22.7 Å². The molecule has 0 bridgehead atoms. The first kappa shape index (κ1) is 20.8. The van der Waals surface area contributed by atoms with Crippen LogP contribution in [0.4, 0.5) is 18.9 Å². The van der Waals surface area contributed by atoms with Crippen LogP contribution in [0.1, 0.15) is 27.0 Å². The molecule has 0 saturated heterocycles. The molecule has 0 aliphatic heterocycles. The zero-order valence-electron chi connectivity index (χ0n) is 14.9. The number of alkyl halides is 3. The van der Waals surface area contributed by atoms with E-state index in [2.05, 4.69) is 5.32 Å². The van der Waals surface area contributed by atoms with Gasteiger partial charge in [-0.3, -0.25) is 9.59 Å². The van der Waals surface area contributed by atoms with Gasteiger partial charge in [-0.25, -0.2) is 0 Å².